The number of aromatic nitrogens is 2. The van der Waals surface area contributed by atoms with Crippen molar-refractivity contribution in [2.75, 3.05) is 18.2 Å². The van der Waals surface area contributed by atoms with E-state index in [1.165, 1.54) is 26.2 Å². The lowest BCUT2D eigenvalue weighted by atomic mass is 10.1. The molecule has 0 radical (unpaired) electrons. The van der Waals surface area contributed by atoms with Crippen molar-refractivity contribution < 1.29 is 23.8 Å². The molecule has 3 aromatic rings. The van der Waals surface area contributed by atoms with Crippen molar-refractivity contribution >= 4 is 29.1 Å². The highest BCUT2D eigenvalue weighted by molar-refractivity contribution is 7.99. The Bertz CT molecular complexity index is 1000. The Hall–Kier alpha value is -3.33. The molecule has 0 fully saturated rings. The molecule has 2 aromatic carbocycles. The number of aromatic hydroxyl groups is 1. The number of nitrogens with zero attached hydrogens (tertiary/aromatic N) is 2. The number of Topliss-reactive ketones (excluding diaryl/α,β-unsaturated/α-hetero) is 1. The van der Waals surface area contributed by atoms with Crippen LogP contribution in [0.4, 0.5) is 5.69 Å². The highest BCUT2D eigenvalue weighted by Gasteiger charge is 2.14. The number of thioether (sulfide) groups is 1. The topological polar surface area (TPSA) is 115 Å². The molecule has 0 atom stereocenters. The number of carbonyl (C=O) groups is 2. The molecule has 1 amide bonds. The van der Waals surface area contributed by atoms with Gasteiger partial charge >= 0.3 is 0 Å². The summed E-state index contributed by atoms with van der Waals surface area (Å²) in [4.78, 5) is 23.7. The van der Waals surface area contributed by atoms with Gasteiger partial charge in [0.15, 0.2) is 5.78 Å². The molecular formula is C19H17N3O5S. The van der Waals surface area contributed by atoms with Gasteiger partial charge in [-0.05, 0) is 42.5 Å². The summed E-state index contributed by atoms with van der Waals surface area (Å²) in [5, 5.41) is 20.1. The second-order valence-electron chi connectivity index (χ2n) is 5.73. The first-order valence-electron chi connectivity index (χ1n) is 8.21. The zero-order valence-corrected chi connectivity index (χ0v) is 15.9. The van der Waals surface area contributed by atoms with Crippen LogP contribution >= 0.6 is 11.8 Å². The summed E-state index contributed by atoms with van der Waals surface area (Å²) in [6, 6.07) is 11.2. The normalized spacial score (nSPS) is 10.5. The van der Waals surface area contributed by atoms with E-state index in [0.29, 0.717) is 28.5 Å². The molecule has 0 saturated heterocycles. The highest BCUT2D eigenvalue weighted by Crippen LogP contribution is 2.28. The molecule has 0 spiro atoms. The minimum atomic E-state index is -0.228. The van der Waals surface area contributed by atoms with Gasteiger partial charge in [0, 0.05) is 18.1 Å². The third-order valence-electron chi connectivity index (χ3n) is 3.68. The first kappa shape index (κ1) is 19.4. The number of hydrogen-bond donors (Lipinski definition) is 2. The van der Waals surface area contributed by atoms with Crippen molar-refractivity contribution in [1.29, 1.82) is 0 Å². The molecule has 0 bridgehead atoms. The number of ketones is 1. The summed E-state index contributed by atoms with van der Waals surface area (Å²) >= 11 is 1.12. The number of methoxy groups -OCH3 is 1. The van der Waals surface area contributed by atoms with Crippen LogP contribution in [0.2, 0.25) is 0 Å². The molecule has 1 heterocycles. The number of benzene rings is 2. The summed E-state index contributed by atoms with van der Waals surface area (Å²) in [5.41, 5.74) is 1.60. The van der Waals surface area contributed by atoms with E-state index < -0.39 is 0 Å². The first-order valence-corrected chi connectivity index (χ1v) is 9.19. The molecule has 3 rings (SSSR count). The van der Waals surface area contributed by atoms with Crippen LogP contribution in [0.1, 0.15) is 17.3 Å². The number of rotatable bonds is 7. The second kappa shape index (κ2) is 8.57. The fraction of sp³-hybridized carbons (Fsp3) is 0.158. The molecule has 0 aliphatic carbocycles. The van der Waals surface area contributed by atoms with Crippen LogP contribution in [0, 0.1) is 0 Å². The maximum absolute atomic E-state index is 12.5. The molecule has 9 heteroatoms. The van der Waals surface area contributed by atoms with Crippen molar-refractivity contribution in [3.05, 3.63) is 48.0 Å². The quantitative estimate of drug-likeness (QED) is 0.459. The van der Waals surface area contributed by atoms with E-state index in [2.05, 4.69) is 15.5 Å². The van der Waals surface area contributed by atoms with Gasteiger partial charge < -0.3 is 19.6 Å². The Morgan fingerprint density at radius 1 is 1.18 bits per heavy atom. The zero-order valence-electron chi connectivity index (χ0n) is 15.1. The lowest BCUT2D eigenvalue weighted by Gasteiger charge is -2.10. The number of ether oxygens (including phenoxy) is 1. The maximum Gasteiger partial charge on any atom is 0.277 e. The van der Waals surface area contributed by atoms with E-state index in [1.807, 2.05) is 0 Å². The van der Waals surface area contributed by atoms with Crippen molar-refractivity contribution in [2.24, 2.45) is 0 Å². The summed E-state index contributed by atoms with van der Waals surface area (Å²) < 4.78 is 10.8. The van der Waals surface area contributed by atoms with Gasteiger partial charge in [0.25, 0.3) is 5.22 Å². The fourth-order valence-electron chi connectivity index (χ4n) is 2.36. The predicted octanol–water partition coefficient (Wildman–Crippen LogP) is 3.38. The monoisotopic (exact) mass is 399 g/mol. The van der Waals surface area contributed by atoms with Gasteiger partial charge in [-0.15, -0.1) is 10.2 Å². The molecule has 1 aromatic heterocycles. The lowest BCUT2D eigenvalue weighted by Crippen LogP contribution is -2.09. The molecule has 144 valence electrons. The van der Waals surface area contributed by atoms with Crippen LogP contribution in [0.25, 0.3) is 11.5 Å². The number of anilines is 1. The second-order valence-corrected chi connectivity index (χ2v) is 6.65. The van der Waals surface area contributed by atoms with Gasteiger partial charge in [0.1, 0.15) is 11.5 Å². The Balaban J connectivity index is 1.65. The van der Waals surface area contributed by atoms with Crippen LogP contribution in [0.15, 0.2) is 52.1 Å². The average Bonchev–Trinajstić information content (AvgIpc) is 3.15. The minimum Gasteiger partial charge on any atom is -0.508 e. The lowest BCUT2D eigenvalue weighted by molar-refractivity contribution is -0.114. The van der Waals surface area contributed by atoms with E-state index >= 15 is 0 Å². The van der Waals surface area contributed by atoms with Gasteiger partial charge in [-0.25, -0.2) is 0 Å². The van der Waals surface area contributed by atoms with E-state index in [9.17, 15) is 14.7 Å². The Labute approximate surface area is 164 Å². The molecular weight excluding hydrogens is 382 g/mol. The molecule has 0 aliphatic rings. The summed E-state index contributed by atoms with van der Waals surface area (Å²) in [6.45, 7) is 1.39. The van der Waals surface area contributed by atoms with Crippen LogP contribution in [0.3, 0.4) is 0 Å². The highest BCUT2D eigenvalue weighted by atomic mass is 32.2. The van der Waals surface area contributed by atoms with Crippen LogP contribution < -0.4 is 10.1 Å². The number of carbonyl (C=O) groups excluding carboxylic acids is 2. The third kappa shape index (κ3) is 4.68. The minimum absolute atomic E-state index is 0.0971. The SMILES string of the molecule is COc1cc(C(=O)CSc2nnc(-c3ccc(O)cc3)o2)ccc1NC(C)=O. The first-order chi connectivity index (χ1) is 13.5. The summed E-state index contributed by atoms with van der Waals surface area (Å²) in [6.07, 6.45) is 0. The van der Waals surface area contributed by atoms with E-state index in [1.54, 1.807) is 30.3 Å². The van der Waals surface area contributed by atoms with Gasteiger partial charge in [0.05, 0.1) is 18.6 Å². The van der Waals surface area contributed by atoms with Gasteiger partial charge in [-0.2, -0.15) is 0 Å². The molecule has 0 saturated carbocycles. The molecule has 28 heavy (non-hydrogen) atoms. The van der Waals surface area contributed by atoms with E-state index in [-0.39, 0.29) is 28.4 Å². The average molecular weight is 399 g/mol. The van der Waals surface area contributed by atoms with Crippen molar-refractivity contribution in [3.63, 3.8) is 0 Å². The third-order valence-corrected chi connectivity index (χ3v) is 4.50. The fourth-order valence-corrected chi connectivity index (χ4v) is 3.01. The van der Waals surface area contributed by atoms with Gasteiger partial charge in [-0.1, -0.05) is 11.8 Å². The van der Waals surface area contributed by atoms with Crippen molar-refractivity contribution in [1.82, 2.24) is 10.2 Å². The molecule has 8 nitrogen and oxygen atoms in total. The van der Waals surface area contributed by atoms with Crippen molar-refractivity contribution in [2.45, 2.75) is 12.1 Å². The van der Waals surface area contributed by atoms with E-state index in [4.69, 9.17) is 9.15 Å². The molecule has 0 unspecified atom stereocenters. The number of amides is 1. The van der Waals surface area contributed by atoms with Crippen molar-refractivity contribution in [3.8, 4) is 23.0 Å². The van der Waals surface area contributed by atoms with Crippen LogP contribution in [-0.2, 0) is 4.79 Å². The standard InChI is InChI=1S/C19H17N3O5S/c1-11(23)20-15-8-5-13(9-17(15)26-2)16(25)10-28-19-22-21-18(27-19)12-3-6-14(24)7-4-12/h3-9,24H,10H2,1-2H3,(H,20,23). The smallest absolute Gasteiger partial charge is 0.277 e. The predicted molar refractivity (Wildman–Crippen MR) is 104 cm³/mol. The largest absolute Gasteiger partial charge is 0.508 e. The zero-order chi connectivity index (χ0) is 20.1. The Morgan fingerprint density at radius 3 is 2.61 bits per heavy atom. The van der Waals surface area contributed by atoms with Gasteiger partial charge in [0.2, 0.25) is 11.8 Å². The van der Waals surface area contributed by atoms with E-state index in [0.717, 1.165) is 11.8 Å². The van der Waals surface area contributed by atoms with Gasteiger partial charge in [-0.3, -0.25) is 9.59 Å². The maximum atomic E-state index is 12.5. The Morgan fingerprint density at radius 2 is 1.93 bits per heavy atom. The summed E-state index contributed by atoms with van der Waals surface area (Å²) in [5.74, 6) is 0.564. The van der Waals surface area contributed by atoms with Crippen LogP contribution in [-0.4, -0.2) is 39.9 Å². The number of nitrogens with one attached hydrogen (secondary N) is 1. The number of hydrogen-bond acceptors (Lipinski definition) is 8. The Kier molecular flexibility index (Phi) is 5.95. The molecule has 0 aliphatic heterocycles. The molecule has 2 N–H and O–H groups in total. The summed E-state index contributed by atoms with van der Waals surface area (Å²) in [7, 11) is 1.47. The van der Waals surface area contributed by atoms with Crippen LogP contribution in [0.5, 0.6) is 11.5 Å². The number of phenolic OH excluding ortho intramolecular Hbond substituents is 1. The number of phenols is 1.